The van der Waals surface area contributed by atoms with Crippen LogP contribution in [0, 0.1) is 0 Å². The van der Waals surface area contributed by atoms with Gasteiger partial charge in [-0.25, -0.2) is 0 Å². The molecule has 0 aliphatic rings. The molecule has 0 fully saturated rings. The van der Waals surface area contributed by atoms with Crippen molar-refractivity contribution in [2.24, 2.45) is 12.8 Å². The Morgan fingerprint density at radius 1 is 1.24 bits per heavy atom. The van der Waals surface area contributed by atoms with Gasteiger partial charge in [0.1, 0.15) is 0 Å². The first-order valence-electron chi connectivity index (χ1n) is 6.95. The number of aryl methyl sites for hydroxylation is 1. The van der Waals surface area contributed by atoms with Gasteiger partial charge in [0.05, 0.1) is 6.20 Å². The topological polar surface area (TPSA) is 43.8 Å². The molecule has 1 aromatic rings. The highest BCUT2D eigenvalue weighted by atomic mass is 15.2. The van der Waals surface area contributed by atoms with Gasteiger partial charge in [-0.05, 0) is 18.4 Å². The summed E-state index contributed by atoms with van der Waals surface area (Å²) in [7, 11) is 1.95. The summed E-state index contributed by atoms with van der Waals surface area (Å²) in [5.74, 6) is 0. The summed E-state index contributed by atoms with van der Waals surface area (Å²) in [5.41, 5.74) is 7.37. The predicted octanol–water partition coefficient (Wildman–Crippen LogP) is 3.04. The number of rotatable bonds is 9. The fourth-order valence-electron chi connectivity index (χ4n) is 2.17. The molecule has 0 saturated carbocycles. The molecule has 0 spiro atoms. The van der Waals surface area contributed by atoms with Crippen LogP contribution in [0.1, 0.15) is 57.4 Å². The van der Waals surface area contributed by atoms with E-state index in [-0.39, 0.29) is 0 Å². The van der Waals surface area contributed by atoms with E-state index in [0.29, 0.717) is 6.04 Å². The van der Waals surface area contributed by atoms with E-state index < -0.39 is 0 Å². The van der Waals surface area contributed by atoms with Gasteiger partial charge in [-0.15, -0.1) is 0 Å². The predicted molar refractivity (Wildman–Crippen MR) is 72.9 cm³/mol. The molecule has 17 heavy (non-hydrogen) atoms. The molecular weight excluding hydrogens is 210 g/mol. The average molecular weight is 237 g/mol. The number of unbranched alkanes of at least 4 members (excludes halogenated alkanes) is 5. The van der Waals surface area contributed by atoms with E-state index in [0.717, 1.165) is 12.8 Å². The molecule has 1 unspecified atom stereocenters. The molecule has 1 rings (SSSR count). The molecule has 0 radical (unpaired) electrons. The van der Waals surface area contributed by atoms with E-state index in [2.05, 4.69) is 18.2 Å². The largest absolute Gasteiger partial charge is 0.327 e. The highest BCUT2D eigenvalue weighted by Crippen LogP contribution is 2.10. The number of aromatic nitrogens is 2. The normalized spacial score (nSPS) is 12.9. The van der Waals surface area contributed by atoms with Gasteiger partial charge in [-0.1, -0.05) is 45.4 Å². The SMILES string of the molecule is CCCCCCCCC(N)Cc1cnn(C)c1. The Morgan fingerprint density at radius 2 is 1.94 bits per heavy atom. The van der Waals surface area contributed by atoms with E-state index >= 15 is 0 Å². The van der Waals surface area contributed by atoms with Gasteiger partial charge < -0.3 is 5.73 Å². The van der Waals surface area contributed by atoms with Crippen LogP contribution in [0.2, 0.25) is 0 Å². The third kappa shape index (κ3) is 6.47. The summed E-state index contributed by atoms with van der Waals surface area (Å²) < 4.78 is 1.84. The molecule has 1 atom stereocenters. The Hall–Kier alpha value is -0.830. The van der Waals surface area contributed by atoms with Crippen molar-refractivity contribution in [3.05, 3.63) is 18.0 Å². The Balaban J connectivity index is 2.03. The Kier molecular flexibility index (Phi) is 6.94. The summed E-state index contributed by atoms with van der Waals surface area (Å²) in [4.78, 5) is 0. The van der Waals surface area contributed by atoms with E-state index in [1.165, 1.54) is 44.1 Å². The lowest BCUT2D eigenvalue weighted by molar-refractivity contribution is 0.532. The van der Waals surface area contributed by atoms with Crippen molar-refractivity contribution in [3.8, 4) is 0 Å². The highest BCUT2D eigenvalue weighted by Gasteiger charge is 2.05. The molecule has 98 valence electrons. The van der Waals surface area contributed by atoms with Gasteiger partial charge >= 0.3 is 0 Å². The van der Waals surface area contributed by atoms with Gasteiger partial charge in [-0.2, -0.15) is 5.10 Å². The molecule has 3 nitrogen and oxygen atoms in total. The second-order valence-corrected chi connectivity index (χ2v) is 5.04. The van der Waals surface area contributed by atoms with E-state index in [4.69, 9.17) is 5.73 Å². The van der Waals surface area contributed by atoms with Gasteiger partial charge in [-0.3, -0.25) is 4.68 Å². The Labute approximate surface area is 105 Å². The van der Waals surface area contributed by atoms with Crippen LogP contribution in [-0.4, -0.2) is 15.8 Å². The highest BCUT2D eigenvalue weighted by molar-refractivity contribution is 5.05. The summed E-state index contributed by atoms with van der Waals surface area (Å²) >= 11 is 0. The maximum absolute atomic E-state index is 6.12. The number of nitrogens with zero attached hydrogens (tertiary/aromatic N) is 2. The molecule has 2 N–H and O–H groups in total. The number of nitrogens with two attached hydrogens (primary N) is 1. The first kappa shape index (κ1) is 14.2. The monoisotopic (exact) mass is 237 g/mol. The van der Waals surface area contributed by atoms with Crippen LogP contribution in [0.3, 0.4) is 0 Å². The van der Waals surface area contributed by atoms with E-state index in [1.54, 1.807) is 0 Å². The van der Waals surface area contributed by atoms with Gasteiger partial charge in [0, 0.05) is 19.3 Å². The number of hydrogen-bond donors (Lipinski definition) is 1. The van der Waals surface area contributed by atoms with Crippen LogP contribution in [0.4, 0.5) is 0 Å². The van der Waals surface area contributed by atoms with Crippen LogP contribution in [-0.2, 0) is 13.5 Å². The molecule has 1 aromatic heterocycles. The smallest absolute Gasteiger partial charge is 0.0522 e. The molecule has 3 heteroatoms. The standard InChI is InChI=1S/C14H27N3/c1-3-4-5-6-7-8-9-14(15)10-13-11-16-17(2)12-13/h11-12,14H,3-10,15H2,1-2H3. The van der Waals surface area contributed by atoms with Crippen LogP contribution in [0.25, 0.3) is 0 Å². The van der Waals surface area contributed by atoms with Gasteiger partial charge in [0.2, 0.25) is 0 Å². The first-order valence-corrected chi connectivity index (χ1v) is 6.95. The Morgan fingerprint density at radius 3 is 2.59 bits per heavy atom. The summed E-state index contributed by atoms with van der Waals surface area (Å²) in [6.45, 7) is 2.25. The fourth-order valence-corrected chi connectivity index (χ4v) is 2.17. The zero-order valence-corrected chi connectivity index (χ0v) is 11.4. The first-order chi connectivity index (χ1) is 8.22. The van der Waals surface area contributed by atoms with Crippen molar-refractivity contribution in [2.45, 2.75) is 64.3 Å². The number of hydrogen-bond acceptors (Lipinski definition) is 2. The van der Waals surface area contributed by atoms with E-state index in [9.17, 15) is 0 Å². The zero-order valence-electron chi connectivity index (χ0n) is 11.4. The minimum Gasteiger partial charge on any atom is -0.327 e. The van der Waals surface area contributed by atoms with E-state index in [1.807, 2.05) is 17.9 Å². The molecular formula is C14H27N3. The lowest BCUT2D eigenvalue weighted by atomic mass is 10.0. The molecule has 0 saturated heterocycles. The van der Waals surface area contributed by atoms with Crippen molar-refractivity contribution in [3.63, 3.8) is 0 Å². The lowest BCUT2D eigenvalue weighted by Crippen LogP contribution is -2.22. The van der Waals surface area contributed by atoms with Gasteiger partial charge in [0.15, 0.2) is 0 Å². The maximum atomic E-state index is 6.12. The molecule has 1 heterocycles. The Bertz CT molecular complexity index is 293. The zero-order chi connectivity index (χ0) is 12.5. The van der Waals surface area contributed by atoms with Gasteiger partial charge in [0.25, 0.3) is 0 Å². The minimum absolute atomic E-state index is 0.297. The average Bonchev–Trinajstić information content (AvgIpc) is 2.69. The van der Waals surface area contributed by atoms with Crippen LogP contribution < -0.4 is 5.73 Å². The molecule has 0 aromatic carbocycles. The molecule has 0 aliphatic heterocycles. The summed E-state index contributed by atoms with van der Waals surface area (Å²) in [6, 6.07) is 0.297. The summed E-state index contributed by atoms with van der Waals surface area (Å²) in [6.07, 6.45) is 14.1. The van der Waals surface area contributed by atoms with Crippen molar-refractivity contribution >= 4 is 0 Å². The third-order valence-corrected chi connectivity index (χ3v) is 3.18. The quantitative estimate of drug-likeness (QED) is 0.671. The molecule has 0 amide bonds. The van der Waals surface area contributed by atoms with Crippen molar-refractivity contribution in [2.75, 3.05) is 0 Å². The molecule has 0 aliphatic carbocycles. The fraction of sp³-hybridized carbons (Fsp3) is 0.786. The summed E-state index contributed by atoms with van der Waals surface area (Å²) in [5, 5.41) is 4.16. The lowest BCUT2D eigenvalue weighted by Gasteiger charge is -2.09. The van der Waals surface area contributed by atoms with Crippen molar-refractivity contribution in [1.29, 1.82) is 0 Å². The maximum Gasteiger partial charge on any atom is 0.0522 e. The van der Waals surface area contributed by atoms with Crippen molar-refractivity contribution in [1.82, 2.24) is 9.78 Å². The van der Waals surface area contributed by atoms with Crippen LogP contribution in [0.5, 0.6) is 0 Å². The van der Waals surface area contributed by atoms with Crippen LogP contribution in [0.15, 0.2) is 12.4 Å². The molecule has 0 bridgehead atoms. The second-order valence-electron chi connectivity index (χ2n) is 5.04. The second kappa shape index (κ2) is 8.29. The minimum atomic E-state index is 0.297. The van der Waals surface area contributed by atoms with Crippen LogP contribution >= 0.6 is 0 Å². The van der Waals surface area contributed by atoms with Crippen molar-refractivity contribution < 1.29 is 0 Å². The third-order valence-electron chi connectivity index (χ3n) is 3.18.